The summed E-state index contributed by atoms with van der Waals surface area (Å²) in [7, 11) is 0. The van der Waals surface area contributed by atoms with E-state index in [0.29, 0.717) is 24.5 Å². The zero-order valence-corrected chi connectivity index (χ0v) is 13.8. The van der Waals surface area contributed by atoms with Gasteiger partial charge in [-0.05, 0) is 35.6 Å². The third kappa shape index (κ3) is 4.48. The van der Waals surface area contributed by atoms with E-state index in [1.165, 1.54) is 0 Å². The van der Waals surface area contributed by atoms with Crippen LogP contribution >= 0.6 is 11.3 Å². The number of hydrogen-bond donors (Lipinski definition) is 1. The standard InChI is InChI=1S/C17H17NO5S/c19-16(10-21-17(20)6-4-13-2-1-7-24-13)18-9-12-3-5-14-15(8-12)23-11-22-14/h1-3,5,7-8H,4,6,9-11H2,(H,18,19). The predicted molar refractivity (Wildman–Crippen MR) is 88.0 cm³/mol. The van der Waals surface area contributed by atoms with Crippen molar-refractivity contribution in [2.45, 2.75) is 19.4 Å². The van der Waals surface area contributed by atoms with Gasteiger partial charge in [-0.1, -0.05) is 12.1 Å². The molecule has 1 aromatic carbocycles. The highest BCUT2D eigenvalue weighted by molar-refractivity contribution is 7.09. The van der Waals surface area contributed by atoms with Crippen LogP contribution in [0.4, 0.5) is 0 Å². The van der Waals surface area contributed by atoms with Crippen LogP contribution in [0.25, 0.3) is 0 Å². The fraction of sp³-hybridized carbons (Fsp3) is 0.294. The molecule has 126 valence electrons. The smallest absolute Gasteiger partial charge is 0.306 e. The van der Waals surface area contributed by atoms with Crippen LogP contribution in [0.5, 0.6) is 11.5 Å². The molecule has 0 spiro atoms. The first-order valence-corrected chi connectivity index (χ1v) is 8.42. The topological polar surface area (TPSA) is 73.9 Å². The lowest BCUT2D eigenvalue weighted by molar-refractivity contribution is -0.148. The number of carbonyl (C=O) groups excluding carboxylic acids is 2. The third-order valence-corrected chi connectivity index (χ3v) is 4.38. The molecule has 1 aliphatic rings. The summed E-state index contributed by atoms with van der Waals surface area (Å²) in [4.78, 5) is 24.5. The van der Waals surface area contributed by atoms with E-state index in [0.717, 1.165) is 10.4 Å². The molecule has 0 unspecified atom stereocenters. The van der Waals surface area contributed by atoms with Gasteiger partial charge in [-0.3, -0.25) is 9.59 Å². The van der Waals surface area contributed by atoms with Crippen LogP contribution in [0.2, 0.25) is 0 Å². The van der Waals surface area contributed by atoms with Gasteiger partial charge in [-0.2, -0.15) is 0 Å². The molecule has 6 nitrogen and oxygen atoms in total. The summed E-state index contributed by atoms with van der Waals surface area (Å²) in [5.41, 5.74) is 0.886. The van der Waals surface area contributed by atoms with Crippen molar-refractivity contribution in [3.05, 3.63) is 46.2 Å². The van der Waals surface area contributed by atoms with Crippen molar-refractivity contribution in [3.8, 4) is 11.5 Å². The molecule has 0 bridgehead atoms. The second-order valence-electron chi connectivity index (χ2n) is 5.20. The Hall–Kier alpha value is -2.54. The van der Waals surface area contributed by atoms with Crippen LogP contribution in [0.1, 0.15) is 16.9 Å². The van der Waals surface area contributed by atoms with E-state index < -0.39 is 0 Å². The van der Waals surface area contributed by atoms with Gasteiger partial charge in [0, 0.05) is 11.4 Å². The molecule has 0 saturated heterocycles. The number of aryl methyl sites for hydroxylation is 1. The molecule has 1 N–H and O–H groups in total. The van der Waals surface area contributed by atoms with Crippen molar-refractivity contribution in [1.82, 2.24) is 5.32 Å². The van der Waals surface area contributed by atoms with Gasteiger partial charge in [0.25, 0.3) is 5.91 Å². The number of benzene rings is 1. The fourth-order valence-electron chi connectivity index (χ4n) is 2.20. The molecule has 0 fully saturated rings. The number of esters is 1. The number of nitrogens with one attached hydrogen (secondary N) is 1. The van der Waals surface area contributed by atoms with Crippen LogP contribution in [0, 0.1) is 0 Å². The van der Waals surface area contributed by atoms with Gasteiger partial charge in [0.2, 0.25) is 6.79 Å². The van der Waals surface area contributed by atoms with Crippen LogP contribution in [0.15, 0.2) is 35.7 Å². The molecule has 1 amide bonds. The second-order valence-corrected chi connectivity index (χ2v) is 6.24. The number of thiophene rings is 1. The van der Waals surface area contributed by atoms with Gasteiger partial charge in [0.1, 0.15) is 0 Å². The largest absolute Gasteiger partial charge is 0.456 e. The van der Waals surface area contributed by atoms with Crippen molar-refractivity contribution in [2.75, 3.05) is 13.4 Å². The third-order valence-electron chi connectivity index (χ3n) is 3.45. The lowest BCUT2D eigenvalue weighted by atomic mass is 10.2. The minimum Gasteiger partial charge on any atom is -0.456 e. The highest BCUT2D eigenvalue weighted by Gasteiger charge is 2.13. The van der Waals surface area contributed by atoms with E-state index in [1.807, 2.05) is 29.6 Å². The Labute approximate surface area is 143 Å². The van der Waals surface area contributed by atoms with Gasteiger partial charge in [0.05, 0.1) is 6.42 Å². The summed E-state index contributed by atoms with van der Waals surface area (Å²) in [5.74, 6) is 0.658. The number of hydrogen-bond acceptors (Lipinski definition) is 6. The zero-order chi connectivity index (χ0) is 16.8. The molecular formula is C17H17NO5S. The summed E-state index contributed by atoms with van der Waals surface area (Å²) in [5, 5.41) is 4.67. The Bertz CT molecular complexity index is 714. The normalized spacial score (nSPS) is 12.0. The molecule has 7 heteroatoms. The quantitative estimate of drug-likeness (QED) is 0.778. The molecule has 1 aliphatic heterocycles. The van der Waals surface area contributed by atoms with Crippen LogP contribution in [0.3, 0.4) is 0 Å². The van der Waals surface area contributed by atoms with Crippen LogP contribution in [-0.4, -0.2) is 25.3 Å². The van der Waals surface area contributed by atoms with Gasteiger partial charge in [0.15, 0.2) is 18.1 Å². The first kappa shape index (κ1) is 16.3. The van der Waals surface area contributed by atoms with E-state index in [4.69, 9.17) is 14.2 Å². The Balaban J connectivity index is 1.35. The van der Waals surface area contributed by atoms with E-state index in [9.17, 15) is 9.59 Å². The fourth-order valence-corrected chi connectivity index (χ4v) is 2.91. The Morgan fingerprint density at radius 3 is 2.92 bits per heavy atom. The average Bonchev–Trinajstić information content (AvgIpc) is 3.26. The SMILES string of the molecule is O=C(COC(=O)CCc1cccs1)NCc1ccc2c(c1)OCO2. The molecule has 3 rings (SSSR count). The lowest BCUT2D eigenvalue weighted by Gasteiger charge is -2.07. The first-order valence-electron chi connectivity index (χ1n) is 7.54. The molecular weight excluding hydrogens is 330 g/mol. The van der Waals surface area contributed by atoms with E-state index in [2.05, 4.69) is 5.32 Å². The van der Waals surface area contributed by atoms with Crippen molar-refractivity contribution >= 4 is 23.2 Å². The molecule has 0 atom stereocenters. The van der Waals surface area contributed by atoms with Gasteiger partial charge in [-0.25, -0.2) is 0 Å². The molecule has 24 heavy (non-hydrogen) atoms. The summed E-state index contributed by atoms with van der Waals surface area (Å²) < 4.78 is 15.5. The highest BCUT2D eigenvalue weighted by Crippen LogP contribution is 2.32. The Morgan fingerprint density at radius 1 is 1.21 bits per heavy atom. The molecule has 0 aliphatic carbocycles. The molecule has 2 heterocycles. The highest BCUT2D eigenvalue weighted by atomic mass is 32.1. The number of rotatable bonds is 7. The maximum absolute atomic E-state index is 11.7. The summed E-state index contributed by atoms with van der Waals surface area (Å²) in [6, 6.07) is 9.37. The molecule has 0 radical (unpaired) electrons. The predicted octanol–water partition coefficient (Wildman–Crippen LogP) is 2.27. The van der Waals surface area contributed by atoms with Crippen molar-refractivity contribution < 1.29 is 23.8 Å². The van der Waals surface area contributed by atoms with E-state index in [1.54, 1.807) is 17.4 Å². The zero-order valence-electron chi connectivity index (χ0n) is 12.9. The number of fused-ring (bicyclic) bond motifs is 1. The average molecular weight is 347 g/mol. The minimum atomic E-state index is -0.373. The minimum absolute atomic E-state index is 0.215. The summed E-state index contributed by atoms with van der Waals surface area (Å²) >= 11 is 1.60. The molecule has 2 aromatic rings. The van der Waals surface area contributed by atoms with Gasteiger partial charge in [-0.15, -0.1) is 11.3 Å². The van der Waals surface area contributed by atoms with Crippen LogP contribution < -0.4 is 14.8 Å². The monoisotopic (exact) mass is 347 g/mol. The van der Waals surface area contributed by atoms with Crippen LogP contribution in [-0.2, 0) is 27.3 Å². The van der Waals surface area contributed by atoms with E-state index in [-0.39, 0.29) is 31.7 Å². The number of ether oxygens (including phenoxy) is 3. The number of amides is 1. The van der Waals surface area contributed by atoms with Crippen molar-refractivity contribution in [3.63, 3.8) is 0 Å². The Kier molecular flexibility index (Phi) is 5.32. The van der Waals surface area contributed by atoms with Gasteiger partial charge >= 0.3 is 5.97 Å². The maximum atomic E-state index is 11.7. The Morgan fingerprint density at radius 2 is 2.08 bits per heavy atom. The van der Waals surface area contributed by atoms with Crippen molar-refractivity contribution in [2.24, 2.45) is 0 Å². The summed E-state index contributed by atoms with van der Waals surface area (Å²) in [6.45, 7) is 0.280. The first-order chi connectivity index (χ1) is 11.7. The summed E-state index contributed by atoms with van der Waals surface area (Å²) in [6.07, 6.45) is 0.908. The molecule has 0 saturated carbocycles. The molecule has 1 aromatic heterocycles. The van der Waals surface area contributed by atoms with E-state index >= 15 is 0 Å². The number of carbonyl (C=O) groups is 2. The lowest BCUT2D eigenvalue weighted by Crippen LogP contribution is -2.28. The van der Waals surface area contributed by atoms with Gasteiger partial charge < -0.3 is 19.5 Å². The van der Waals surface area contributed by atoms with Crippen molar-refractivity contribution in [1.29, 1.82) is 0 Å². The maximum Gasteiger partial charge on any atom is 0.306 e. The second kappa shape index (κ2) is 7.83.